The third-order valence-corrected chi connectivity index (χ3v) is 8.40. The zero-order valence-corrected chi connectivity index (χ0v) is 22.3. The molecule has 5 nitrogen and oxygen atoms in total. The number of nitrogens with zero attached hydrogens (tertiary/aromatic N) is 2. The van der Waals surface area contributed by atoms with Crippen molar-refractivity contribution in [3.05, 3.63) is 47.2 Å². The molecular weight excluding hydrogens is 450 g/mol. The number of anilines is 1. The van der Waals surface area contributed by atoms with Crippen molar-refractivity contribution in [2.45, 2.75) is 81.9 Å². The number of unbranched alkanes of at least 4 members (excludes halogenated alkanes) is 1. The molecule has 1 aliphatic rings. The Kier molecular flexibility index (Phi) is 8.62. The fraction of sp³-hybridized carbons (Fsp3) is 0.538. The molecule has 1 aliphatic heterocycles. The summed E-state index contributed by atoms with van der Waals surface area (Å²) in [5.41, 5.74) is 9.80. The van der Waals surface area contributed by atoms with Crippen molar-refractivity contribution >= 4 is 35.1 Å². The SMILES string of the molecule is CCCCOc1nc(C(C)(C)C)ccc1CN1c2ccc(C(C)C(N)=O)cc2SC1SCC. The predicted molar refractivity (Wildman–Crippen MR) is 141 cm³/mol. The first-order chi connectivity index (χ1) is 15.7. The lowest BCUT2D eigenvalue weighted by Crippen LogP contribution is -2.27. The molecule has 2 heterocycles. The lowest BCUT2D eigenvalue weighted by molar-refractivity contribution is -0.119. The Morgan fingerprint density at radius 1 is 1.27 bits per heavy atom. The van der Waals surface area contributed by atoms with Gasteiger partial charge in [-0.2, -0.15) is 0 Å². The lowest BCUT2D eigenvalue weighted by atomic mass is 9.91. The summed E-state index contributed by atoms with van der Waals surface area (Å²) in [4.78, 5) is 20.2. The number of benzene rings is 1. The Labute approximate surface area is 207 Å². The molecule has 1 amide bonds. The number of hydrogen-bond acceptors (Lipinski definition) is 6. The monoisotopic (exact) mass is 487 g/mol. The van der Waals surface area contributed by atoms with Gasteiger partial charge in [-0.3, -0.25) is 4.79 Å². The van der Waals surface area contributed by atoms with E-state index in [9.17, 15) is 4.79 Å². The molecule has 7 heteroatoms. The average Bonchev–Trinajstić information content (AvgIpc) is 3.10. The summed E-state index contributed by atoms with van der Waals surface area (Å²) < 4.78 is 6.44. The van der Waals surface area contributed by atoms with Gasteiger partial charge in [0.15, 0.2) is 0 Å². The maximum atomic E-state index is 11.7. The van der Waals surface area contributed by atoms with Crippen molar-refractivity contribution in [2.75, 3.05) is 17.3 Å². The molecule has 0 radical (unpaired) electrons. The molecule has 0 fully saturated rings. The van der Waals surface area contributed by atoms with Crippen LogP contribution in [0.2, 0.25) is 0 Å². The predicted octanol–water partition coefficient (Wildman–Crippen LogP) is 6.30. The number of carbonyl (C=O) groups excluding carboxylic acids is 1. The molecule has 1 aromatic heterocycles. The highest BCUT2D eigenvalue weighted by molar-refractivity contribution is 8.17. The Morgan fingerprint density at radius 3 is 2.67 bits per heavy atom. The van der Waals surface area contributed by atoms with Gasteiger partial charge < -0.3 is 15.4 Å². The normalized spacial score (nSPS) is 16.5. The second kappa shape index (κ2) is 11.0. The Balaban J connectivity index is 1.94. The zero-order valence-electron chi connectivity index (χ0n) is 20.7. The van der Waals surface area contributed by atoms with Gasteiger partial charge in [0, 0.05) is 21.6 Å². The van der Waals surface area contributed by atoms with E-state index >= 15 is 0 Å². The highest BCUT2D eigenvalue weighted by Gasteiger charge is 2.32. The second-order valence-electron chi connectivity index (χ2n) is 9.47. The van der Waals surface area contributed by atoms with Gasteiger partial charge in [0.25, 0.3) is 0 Å². The van der Waals surface area contributed by atoms with E-state index in [1.807, 2.05) is 36.5 Å². The molecule has 0 saturated heterocycles. The molecular formula is C26H37N3O2S2. The molecule has 2 aromatic rings. The van der Waals surface area contributed by atoms with Crippen LogP contribution in [0.25, 0.3) is 0 Å². The maximum absolute atomic E-state index is 11.7. The minimum atomic E-state index is -0.298. The van der Waals surface area contributed by atoms with Crippen LogP contribution in [-0.2, 0) is 16.8 Å². The van der Waals surface area contributed by atoms with Crippen LogP contribution >= 0.6 is 23.5 Å². The van der Waals surface area contributed by atoms with Gasteiger partial charge in [-0.1, -0.05) is 64.9 Å². The first-order valence-corrected chi connectivity index (χ1v) is 13.7. The number of ether oxygens (including phenoxy) is 1. The van der Waals surface area contributed by atoms with E-state index in [0.29, 0.717) is 6.61 Å². The number of pyridine rings is 1. The van der Waals surface area contributed by atoms with E-state index in [2.05, 4.69) is 63.8 Å². The van der Waals surface area contributed by atoms with Gasteiger partial charge in [-0.25, -0.2) is 4.98 Å². The molecule has 2 N–H and O–H groups in total. The van der Waals surface area contributed by atoms with Crippen molar-refractivity contribution in [1.29, 1.82) is 0 Å². The van der Waals surface area contributed by atoms with Crippen LogP contribution in [0.1, 0.15) is 77.1 Å². The van der Waals surface area contributed by atoms with Crippen molar-refractivity contribution in [3.8, 4) is 5.88 Å². The number of hydrogen-bond donors (Lipinski definition) is 1. The van der Waals surface area contributed by atoms with Crippen molar-refractivity contribution in [1.82, 2.24) is 4.98 Å². The fourth-order valence-corrected chi connectivity index (χ4v) is 6.32. The highest BCUT2D eigenvalue weighted by atomic mass is 32.2. The van der Waals surface area contributed by atoms with Crippen molar-refractivity contribution < 1.29 is 9.53 Å². The summed E-state index contributed by atoms with van der Waals surface area (Å²) >= 11 is 3.76. The van der Waals surface area contributed by atoms with Gasteiger partial charge in [-0.15, -0.1) is 11.8 Å². The van der Waals surface area contributed by atoms with Crippen LogP contribution < -0.4 is 15.4 Å². The number of primary amides is 1. The number of nitrogens with two attached hydrogens (primary N) is 1. The quantitative estimate of drug-likeness (QED) is 0.397. The molecule has 0 bridgehead atoms. The van der Waals surface area contributed by atoms with E-state index in [4.69, 9.17) is 15.5 Å². The van der Waals surface area contributed by atoms with Gasteiger partial charge in [0.1, 0.15) is 4.71 Å². The molecule has 2 atom stereocenters. The molecule has 180 valence electrons. The van der Waals surface area contributed by atoms with Crippen LogP contribution in [0.15, 0.2) is 35.2 Å². The standard InChI is InChI=1S/C26H37N3O2S2/c1-7-9-14-31-24-19(11-13-22(28-24)26(4,5)6)16-29-20-12-10-18(17(3)23(27)30)15-21(20)33-25(29)32-8-2/h10-13,15,17,25H,7-9,14,16H2,1-6H3,(H2,27,30). The van der Waals surface area contributed by atoms with Crippen LogP contribution in [0.3, 0.4) is 0 Å². The zero-order chi connectivity index (χ0) is 24.2. The highest BCUT2D eigenvalue weighted by Crippen LogP contribution is 2.49. The lowest BCUT2D eigenvalue weighted by Gasteiger charge is -2.27. The first-order valence-electron chi connectivity index (χ1n) is 11.8. The molecule has 1 aromatic carbocycles. The summed E-state index contributed by atoms with van der Waals surface area (Å²) in [6, 6.07) is 10.6. The Bertz CT molecular complexity index is 974. The minimum absolute atomic E-state index is 0.0361. The summed E-state index contributed by atoms with van der Waals surface area (Å²) in [6.07, 6.45) is 2.10. The number of fused-ring (bicyclic) bond motifs is 1. The van der Waals surface area contributed by atoms with E-state index in [0.717, 1.165) is 47.8 Å². The van der Waals surface area contributed by atoms with Gasteiger partial charge in [0.05, 0.1) is 24.8 Å². The van der Waals surface area contributed by atoms with Crippen LogP contribution in [0.4, 0.5) is 5.69 Å². The van der Waals surface area contributed by atoms with Crippen molar-refractivity contribution in [2.24, 2.45) is 5.73 Å². The molecule has 0 aliphatic carbocycles. The molecule has 3 rings (SSSR count). The summed E-state index contributed by atoms with van der Waals surface area (Å²) in [5.74, 6) is 1.17. The third kappa shape index (κ3) is 6.18. The molecule has 33 heavy (non-hydrogen) atoms. The van der Waals surface area contributed by atoms with Gasteiger partial charge >= 0.3 is 0 Å². The largest absolute Gasteiger partial charge is 0.477 e. The maximum Gasteiger partial charge on any atom is 0.224 e. The number of carbonyl (C=O) groups is 1. The topological polar surface area (TPSA) is 68.4 Å². The Hall–Kier alpha value is -1.86. The first kappa shape index (κ1) is 25.8. The molecule has 2 unspecified atom stereocenters. The van der Waals surface area contributed by atoms with E-state index < -0.39 is 0 Å². The molecule has 0 saturated carbocycles. The van der Waals surface area contributed by atoms with Crippen LogP contribution in [-0.4, -0.2) is 28.0 Å². The van der Waals surface area contributed by atoms with E-state index in [1.54, 1.807) is 0 Å². The van der Waals surface area contributed by atoms with Gasteiger partial charge in [0.2, 0.25) is 11.8 Å². The second-order valence-corrected chi connectivity index (χ2v) is 12.2. The van der Waals surface area contributed by atoms with Gasteiger partial charge in [-0.05, 0) is 42.9 Å². The van der Waals surface area contributed by atoms with E-state index in [-0.39, 0.29) is 21.9 Å². The smallest absolute Gasteiger partial charge is 0.224 e. The number of amides is 1. The Morgan fingerprint density at radius 2 is 2.03 bits per heavy atom. The van der Waals surface area contributed by atoms with E-state index in [1.165, 1.54) is 10.6 Å². The summed E-state index contributed by atoms with van der Waals surface area (Å²) in [7, 11) is 0. The summed E-state index contributed by atoms with van der Waals surface area (Å²) in [6.45, 7) is 14.2. The third-order valence-electron chi connectivity index (χ3n) is 5.80. The number of aromatic nitrogens is 1. The summed E-state index contributed by atoms with van der Waals surface area (Å²) in [5, 5.41) is 0. The molecule has 0 spiro atoms. The minimum Gasteiger partial charge on any atom is -0.477 e. The number of thioether (sulfide) groups is 2. The van der Waals surface area contributed by atoms with Crippen molar-refractivity contribution in [3.63, 3.8) is 0 Å². The average molecular weight is 488 g/mol. The van der Waals surface area contributed by atoms with Crippen LogP contribution in [0, 0.1) is 0 Å². The fourth-order valence-electron chi connectivity index (χ4n) is 3.64. The number of rotatable bonds is 10. The van der Waals surface area contributed by atoms with Crippen LogP contribution in [0.5, 0.6) is 5.88 Å².